The smallest absolute Gasteiger partial charge is 0.303 e. The van der Waals surface area contributed by atoms with Gasteiger partial charge >= 0.3 is 17.9 Å². The highest BCUT2D eigenvalue weighted by molar-refractivity contribution is 5.78. The van der Waals surface area contributed by atoms with Crippen molar-refractivity contribution < 1.29 is 72.7 Å². The molecular weight excluding hydrogens is 1060 g/mol. The van der Waals surface area contributed by atoms with Crippen LogP contribution in [0.15, 0.2) is 0 Å². The number of nitrogens with one attached hydrogen (secondary N) is 6. The summed E-state index contributed by atoms with van der Waals surface area (Å²) in [5.41, 5.74) is -0.674. The van der Waals surface area contributed by atoms with Gasteiger partial charge in [0.25, 0.3) is 0 Å². The number of hydrogen-bond donors (Lipinski definition) is 9. The van der Waals surface area contributed by atoms with Gasteiger partial charge in [-0.3, -0.25) is 43.2 Å². The summed E-state index contributed by atoms with van der Waals surface area (Å²) >= 11 is 0. The molecule has 0 fully saturated rings. The Kier molecular flexibility index (Phi) is 53.2. The monoisotopic (exact) mass is 1170 g/mol. The maximum atomic E-state index is 12.7. The van der Waals surface area contributed by atoms with E-state index in [-0.39, 0.29) is 107 Å². The van der Waals surface area contributed by atoms with Crippen LogP contribution >= 0.6 is 0 Å². The number of hydrogen-bond acceptors (Lipinski definition) is 12. The van der Waals surface area contributed by atoms with Crippen LogP contribution < -0.4 is 31.9 Å². The van der Waals surface area contributed by atoms with E-state index in [0.29, 0.717) is 77.8 Å². The highest BCUT2D eigenvalue weighted by Gasteiger charge is 2.27. The second-order valence-corrected chi connectivity index (χ2v) is 22.3. The van der Waals surface area contributed by atoms with Gasteiger partial charge in [0, 0.05) is 96.1 Å². The normalized spacial score (nSPS) is 11.2. The second kappa shape index (κ2) is 56.6. The van der Waals surface area contributed by atoms with E-state index in [1.54, 1.807) is 0 Å². The Bertz CT molecular complexity index is 1610. The lowest BCUT2D eigenvalue weighted by molar-refractivity contribution is -0.138. The number of amides is 6. The summed E-state index contributed by atoms with van der Waals surface area (Å²) < 4.78 is 17.8. The molecule has 0 unspecified atom stereocenters. The number of unbranched alkanes of at least 4 members (excludes halogenated alkanes) is 24. The zero-order chi connectivity index (χ0) is 60.4. The minimum atomic E-state index is -0.762. The quantitative estimate of drug-likeness (QED) is 0.0257. The topological polar surface area (TPSA) is 314 Å². The zero-order valence-corrected chi connectivity index (χ0v) is 50.6. The van der Waals surface area contributed by atoms with Crippen LogP contribution in [0.2, 0.25) is 0 Å². The Labute approximate surface area is 491 Å². The molecule has 9 N–H and O–H groups in total. The van der Waals surface area contributed by atoms with E-state index < -0.39 is 23.3 Å². The molecule has 0 spiro atoms. The summed E-state index contributed by atoms with van der Waals surface area (Å²) in [5, 5.41) is 43.8. The van der Waals surface area contributed by atoms with Crippen molar-refractivity contribution in [3.8, 4) is 0 Å². The summed E-state index contributed by atoms with van der Waals surface area (Å²) in [5.74, 6) is -2.58. The average molecular weight is 1170 g/mol. The van der Waals surface area contributed by atoms with Crippen LogP contribution in [-0.4, -0.2) is 148 Å². The third-order valence-corrected chi connectivity index (χ3v) is 13.9. The number of carbonyl (C=O) groups excluding carboxylic acids is 6. The third kappa shape index (κ3) is 58.3. The van der Waals surface area contributed by atoms with E-state index in [1.807, 2.05) is 6.92 Å². The van der Waals surface area contributed by atoms with Crippen LogP contribution in [0.5, 0.6) is 0 Å². The lowest BCUT2D eigenvalue weighted by atomic mass is 9.94. The van der Waals surface area contributed by atoms with Crippen molar-refractivity contribution in [2.75, 3.05) is 78.9 Å². The first-order valence-electron chi connectivity index (χ1n) is 31.6. The van der Waals surface area contributed by atoms with Gasteiger partial charge in [-0.1, -0.05) is 122 Å². The number of aliphatic carboxylic acids is 3. The molecule has 0 aliphatic heterocycles. The summed E-state index contributed by atoms with van der Waals surface area (Å²) in [6.07, 6.45) is 29.2. The van der Waals surface area contributed by atoms with Gasteiger partial charge in [-0.2, -0.15) is 0 Å². The van der Waals surface area contributed by atoms with E-state index >= 15 is 0 Å². The predicted octanol–water partition coefficient (Wildman–Crippen LogP) is 8.82. The van der Waals surface area contributed by atoms with Gasteiger partial charge in [0.2, 0.25) is 35.4 Å². The Morgan fingerprint density at radius 3 is 0.744 bits per heavy atom. The molecule has 0 aromatic heterocycles. The predicted molar refractivity (Wildman–Crippen MR) is 317 cm³/mol. The first kappa shape index (κ1) is 77.1. The Morgan fingerprint density at radius 1 is 0.268 bits per heavy atom. The molecule has 0 aromatic carbocycles. The molecule has 0 bridgehead atoms. The number of carbonyl (C=O) groups is 9. The fourth-order valence-electron chi connectivity index (χ4n) is 8.96. The van der Waals surface area contributed by atoms with Gasteiger partial charge in [0.15, 0.2) is 0 Å². The minimum Gasteiger partial charge on any atom is -0.481 e. The van der Waals surface area contributed by atoms with Crippen LogP contribution in [0.3, 0.4) is 0 Å². The number of ether oxygens (including phenoxy) is 3. The molecule has 0 aliphatic carbocycles. The van der Waals surface area contributed by atoms with Gasteiger partial charge in [-0.15, -0.1) is 0 Å². The van der Waals surface area contributed by atoms with Crippen LogP contribution in [0.1, 0.15) is 251 Å². The molecule has 0 rings (SSSR count). The molecule has 0 heterocycles. The summed E-state index contributed by atoms with van der Waals surface area (Å²) in [4.78, 5) is 106. The number of rotatable bonds is 62. The molecule has 0 radical (unpaired) electrons. The molecule has 0 atom stereocenters. The maximum absolute atomic E-state index is 12.7. The van der Waals surface area contributed by atoms with Crippen molar-refractivity contribution in [2.45, 2.75) is 251 Å². The fraction of sp³-hybridized carbons (Fsp3) is 0.852. The van der Waals surface area contributed by atoms with Crippen molar-refractivity contribution in [1.29, 1.82) is 0 Å². The van der Waals surface area contributed by atoms with Gasteiger partial charge in [-0.25, -0.2) is 0 Å². The van der Waals surface area contributed by atoms with Crippen LogP contribution in [0.4, 0.5) is 0 Å². The lowest BCUT2D eigenvalue weighted by Gasteiger charge is -2.29. The SMILES string of the molecule is CC(COCCC(=O)NCCCCCCCC(=O)NCCCCCCCC(=O)O)(COCCC(=O)NCCCCCCCC(=O)NCCCCCCCC(=O)O)COCC(=O)NCCCCCCCC(=O)NCCCCCCCC(=O)O. The molecule has 0 aromatic rings. The van der Waals surface area contributed by atoms with Gasteiger partial charge in [-0.05, 0) is 77.0 Å². The molecular formula is C61H112N6O15. The maximum Gasteiger partial charge on any atom is 0.303 e. The average Bonchev–Trinajstić information content (AvgIpc) is 3.44. The first-order valence-corrected chi connectivity index (χ1v) is 31.6. The fourth-order valence-corrected chi connectivity index (χ4v) is 8.96. The summed E-state index contributed by atoms with van der Waals surface area (Å²) in [7, 11) is 0. The van der Waals surface area contributed by atoms with Gasteiger partial charge in [0.1, 0.15) is 6.61 Å². The van der Waals surface area contributed by atoms with Gasteiger partial charge < -0.3 is 61.4 Å². The van der Waals surface area contributed by atoms with Crippen molar-refractivity contribution in [2.24, 2.45) is 5.41 Å². The molecule has 476 valence electrons. The highest BCUT2D eigenvalue weighted by Crippen LogP contribution is 2.19. The molecule has 21 heteroatoms. The zero-order valence-electron chi connectivity index (χ0n) is 50.6. The lowest BCUT2D eigenvalue weighted by Crippen LogP contribution is -2.37. The van der Waals surface area contributed by atoms with Crippen molar-refractivity contribution in [3.63, 3.8) is 0 Å². The first-order chi connectivity index (χ1) is 39.6. The number of carboxylic acids is 3. The minimum absolute atomic E-state index is 0.0540. The molecule has 0 aliphatic rings. The van der Waals surface area contributed by atoms with E-state index in [2.05, 4.69) is 31.9 Å². The molecule has 6 amide bonds. The van der Waals surface area contributed by atoms with Crippen molar-refractivity contribution >= 4 is 53.4 Å². The molecule has 0 saturated heterocycles. The summed E-state index contributed by atoms with van der Waals surface area (Å²) in [6.45, 7) is 6.24. The van der Waals surface area contributed by atoms with Crippen LogP contribution in [-0.2, 0) is 57.4 Å². The van der Waals surface area contributed by atoms with E-state index in [0.717, 1.165) is 173 Å². The second-order valence-electron chi connectivity index (χ2n) is 22.3. The Balaban J connectivity index is 4.51. The van der Waals surface area contributed by atoms with Crippen molar-refractivity contribution in [1.82, 2.24) is 31.9 Å². The molecule has 21 nitrogen and oxygen atoms in total. The molecule has 0 saturated carbocycles. The standard InChI is InChI=1S/C61H112N6O15/c1-61(51-82-48-57(73)67-45-31-16-4-10-22-34-54(70)64-42-28-19-7-13-25-37-60(78)79,49-80-46-38-55(71)65-43-29-14-2-8-20-32-52(68)62-40-26-17-5-11-23-35-58(74)75)50-81-47-39-56(72)66-44-30-15-3-9-21-33-53(69)63-41-27-18-6-12-24-36-59(76)77/h2-51H2,1H3,(H,62,68)(H,63,69)(H,64,70)(H,65,71)(H,66,72)(H,67,73)(H,74,75)(H,76,77)(H,78,79). The van der Waals surface area contributed by atoms with Crippen molar-refractivity contribution in [3.05, 3.63) is 0 Å². The van der Waals surface area contributed by atoms with E-state index in [1.165, 1.54) is 0 Å². The molecule has 82 heavy (non-hydrogen) atoms. The largest absolute Gasteiger partial charge is 0.481 e. The Morgan fingerprint density at radius 2 is 0.476 bits per heavy atom. The Hall–Kier alpha value is -4.89. The highest BCUT2D eigenvalue weighted by atomic mass is 16.5. The summed E-state index contributed by atoms with van der Waals surface area (Å²) in [6, 6.07) is 0. The van der Waals surface area contributed by atoms with E-state index in [9.17, 15) is 43.2 Å². The van der Waals surface area contributed by atoms with E-state index in [4.69, 9.17) is 29.5 Å². The van der Waals surface area contributed by atoms with Gasteiger partial charge in [0.05, 0.1) is 33.0 Å². The number of carboxylic acid groups (broad SMARTS) is 3. The third-order valence-electron chi connectivity index (χ3n) is 13.9. The van der Waals surface area contributed by atoms with Crippen LogP contribution in [0, 0.1) is 5.41 Å². The van der Waals surface area contributed by atoms with Crippen LogP contribution in [0.25, 0.3) is 0 Å².